The maximum absolute atomic E-state index is 5.52. The van der Waals surface area contributed by atoms with Crippen molar-refractivity contribution in [2.75, 3.05) is 42.6 Å². The first-order valence-corrected chi connectivity index (χ1v) is 8.95. The molecule has 1 fully saturated rings. The summed E-state index contributed by atoms with van der Waals surface area (Å²) < 4.78 is 6.66. The van der Waals surface area contributed by atoms with Crippen LogP contribution in [0.25, 0.3) is 0 Å². The molecule has 1 aliphatic rings. The molecule has 2 aromatic rings. The average Bonchev–Trinajstić information content (AvgIpc) is 2.56. The van der Waals surface area contributed by atoms with Crippen LogP contribution in [0.2, 0.25) is 0 Å². The number of aryl methyl sites for hydroxylation is 1. The number of benzene rings is 2. The molecule has 1 saturated heterocycles. The standard InChI is InChI=1S/C19H23BrN2O/c1-3-23-18-7-5-17(6-8-18)21-10-12-22(13-11-21)19-9-4-16(20)14-15(19)2/h4-9,14H,3,10-13H2,1-2H3. The molecule has 0 amide bonds. The van der Waals surface area contributed by atoms with Gasteiger partial charge in [0.1, 0.15) is 5.75 Å². The minimum atomic E-state index is 0.713. The summed E-state index contributed by atoms with van der Waals surface area (Å²) >= 11 is 3.54. The summed E-state index contributed by atoms with van der Waals surface area (Å²) in [6, 6.07) is 15.0. The van der Waals surface area contributed by atoms with Crippen LogP contribution in [0.4, 0.5) is 11.4 Å². The van der Waals surface area contributed by atoms with Crippen molar-refractivity contribution in [1.29, 1.82) is 0 Å². The molecule has 1 heterocycles. The summed E-state index contributed by atoms with van der Waals surface area (Å²) in [4.78, 5) is 4.92. The fourth-order valence-electron chi connectivity index (χ4n) is 3.10. The fourth-order valence-corrected chi connectivity index (χ4v) is 3.57. The number of piperazine rings is 1. The lowest BCUT2D eigenvalue weighted by molar-refractivity contribution is 0.340. The number of halogens is 1. The largest absolute Gasteiger partial charge is 0.494 e. The van der Waals surface area contributed by atoms with Crippen molar-refractivity contribution in [3.63, 3.8) is 0 Å². The van der Waals surface area contributed by atoms with Gasteiger partial charge in [-0.1, -0.05) is 15.9 Å². The van der Waals surface area contributed by atoms with E-state index in [1.165, 1.54) is 16.9 Å². The zero-order valence-electron chi connectivity index (χ0n) is 13.8. The van der Waals surface area contributed by atoms with Gasteiger partial charge < -0.3 is 14.5 Å². The molecule has 3 nitrogen and oxygen atoms in total. The van der Waals surface area contributed by atoms with Crippen molar-refractivity contribution in [3.05, 3.63) is 52.5 Å². The third kappa shape index (κ3) is 3.81. The molecule has 23 heavy (non-hydrogen) atoms. The average molecular weight is 375 g/mol. The highest BCUT2D eigenvalue weighted by molar-refractivity contribution is 9.10. The first kappa shape index (κ1) is 16.2. The lowest BCUT2D eigenvalue weighted by Gasteiger charge is -2.38. The molecule has 122 valence electrons. The van der Waals surface area contributed by atoms with Crippen LogP contribution in [-0.4, -0.2) is 32.8 Å². The van der Waals surface area contributed by atoms with Gasteiger partial charge in [-0.25, -0.2) is 0 Å². The monoisotopic (exact) mass is 374 g/mol. The predicted molar refractivity (Wildman–Crippen MR) is 101 cm³/mol. The molecule has 0 atom stereocenters. The summed E-state index contributed by atoms with van der Waals surface area (Å²) in [6.07, 6.45) is 0. The SMILES string of the molecule is CCOc1ccc(N2CCN(c3ccc(Br)cc3C)CC2)cc1. The van der Waals surface area contributed by atoms with Crippen molar-refractivity contribution < 1.29 is 4.74 Å². The van der Waals surface area contributed by atoms with Crippen molar-refractivity contribution in [3.8, 4) is 5.75 Å². The van der Waals surface area contributed by atoms with Gasteiger partial charge in [0, 0.05) is 42.0 Å². The van der Waals surface area contributed by atoms with E-state index in [-0.39, 0.29) is 0 Å². The first-order valence-electron chi connectivity index (χ1n) is 8.16. The Morgan fingerprint density at radius 3 is 2.22 bits per heavy atom. The molecule has 0 radical (unpaired) electrons. The van der Waals surface area contributed by atoms with E-state index >= 15 is 0 Å². The highest BCUT2D eigenvalue weighted by Gasteiger charge is 2.18. The number of ether oxygens (including phenoxy) is 1. The summed E-state index contributed by atoms with van der Waals surface area (Å²) in [7, 11) is 0. The molecule has 0 aromatic heterocycles. The van der Waals surface area contributed by atoms with Crippen LogP contribution in [0.15, 0.2) is 46.9 Å². The second-order valence-electron chi connectivity index (χ2n) is 5.83. The van der Waals surface area contributed by atoms with Gasteiger partial charge in [-0.2, -0.15) is 0 Å². The molecular formula is C19H23BrN2O. The van der Waals surface area contributed by atoms with Crippen LogP contribution in [0.1, 0.15) is 12.5 Å². The summed E-state index contributed by atoms with van der Waals surface area (Å²) in [5, 5.41) is 0. The van der Waals surface area contributed by atoms with E-state index < -0.39 is 0 Å². The third-order valence-electron chi connectivity index (χ3n) is 4.29. The predicted octanol–water partition coefficient (Wildman–Crippen LogP) is 4.48. The molecule has 0 spiro atoms. The molecular weight excluding hydrogens is 352 g/mol. The summed E-state index contributed by atoms with van der Waals surface area (Å²) in [5.41, 5.74) is 3.95. The second kappa shape index (κ2) is 7.26. The van der Waals surface area contributed by atoms with Gasteiger partial charge in [-0.3, -0.25) is 0 Å². The van der Waals surface area contributed by atoms with Gasteiger partial charge in [0.25, 0.3) is 0 Å². The normalized spacial score (nSPS) is 14.9. The van der Waals surface area contributed by atoms with Gasteiger partial charge >= 0.3 is 0 Å². The maximum atomic E-state index is 5.52. The Balaban J connectivity index is 1.63. The van der Waals surface area contributed by atoms with Crippen molar-refractivity contribution >= 4 is 27.3 Å². The Morgan fingerprint density at radius 1 is 0.957 bits per heavy atom. The van der Waals surface area contributed by atoms with Crippen LogP contribution in [0, 0.1) is 6.92 Å². The van der Waals surface area contributed by atoms with E-state index in [2.05, 4.69) is 75.1 Å². The molecule has 0 saturated carbocycles. The van der Waals surface area contributed by atoms with E-state index in [0.29, 0.717) is 6.61 Å². The second-order valence-corrected chi connectivity index (χ2v) is 6.75. The number of hydrogen-bond donors (Lipinski definition) is 0. The molecule has 1 aliphatic heterocycles. The van der Waals surface area contributed by atoms with E-state index in [9.17, 15) is 0 Å². The van der Waals surface area contributed by atoms with Gasteiger partial charge in [-0.15, -0.1) is 0 Å². The maximum Gasteiger partial charge on any atom is 0.119 e. The first-order chi connectivity index (χ1) is 11.2. The Hall–Kier alpha value is -1.68. The number of rotatable bonds is 4. The van der Waals surface area contributed by atoms with Gasteiger partial charge in [0.05, 0.1) is 6.61 Å². The summed E-state index contributed by atoms with van der Waals surface area (Å²) in [5.74, 6) is 0.945. The van der Waals surface area contributed by atoms with Crippen molar-refractivity contribution in [2.45, 2.75) is 13.8 Å². The van der Waals surface area contributed by atoms with E-state index in [4.69, 9.17) is 4.74 Å². The molecule has 0 bridgehead atoms. The lowest BCUT2D eigenvalue weighted by atomic mass is 10.1. The smallest absolute Gasteiger partial charge is 0.119 e. The van der Waals surface area contributed by atoms with Gasteiger partial charge in [-0.05, 0) is 61.9 Å². The number of nitrogens with zero attached hydrogens (tertiary/aromatic N) is 2. The van der Waals surface area contributed by atoms with Crippen LogP contribution in [-0.2, 0) is 0 Å². The topological polar surface area (TPSA) is 15.7 Å². The zero-order valence-corrected chi connectivity index (χ0v) is 15.3. The third-order valence-corrected chi connectivity index (χ3v) is 4.79. The fraction of sp³-hybridized carbons (Fsp3) is 0.368. The van der Waals surface area contributed by atoms with Crippen LogP contribution in [0.5, 0.6) is 5.75 Å². The van der Waals surface area contributed by atoms with Crippen LogP contribution < -0.4 is 14.5 Å². The van der Waals surface area contributed by atoms with E-state index in [1.807, 2.05) is 6.92 Å². The highest BCUT2D eigenvalue weighted by atomic mass is 79.9. The Bertz CT molecular complexity index is 649. The minimum Gasteiger partial charge on any atom is -0.494 e. The minimum absolute atomic E-state index is 0.713. The lowest BCUT2D eigenvalue weighted by Crippen LogP contribution is -2.46. The molecule has 0 aliphatic carbocycles. The molecule has 0 N–H and O–H groups in total. The van der Waals surface area contributed by atoms with Crippen LogP contribution >= 0.6 is 15.9 Å². The Kier molecular flexibility index (Phi) is 5.11. The van der Waals surface area contributed by atoms with Crippen LogP contribution in [0.3, 0.4) is 0 Å². The molecule has 0 unspecified atom stereocenters. The van der Waals surface area contributed by atoms with Crippen molar-refractivity contribution in [1.82, 2.24) is 0 Å². The Morgan fingerprint density at radius 2 is 1.61 bits per heavy atom. The highest BCUT2D eigenvalue weighted by Crippen LogP contribution is 2.26. The number of hydrogen-bond acceptors (Lipinski definition) is 3. The molecule has 2 aromatic carbocycles. The van der Waals surface area contributed by atoms with E-state index in [1.54, 1.807) is 0 Å². The Labute approximate surface area is 147 Å². The van der Waals surface area contributed by atoms with Crippen molar-refractivity contribution in [2.24, 2.45) is 0 Å². The molecule has 3 rings (SSSR count). The summed E-state index contributed by atoms with van der Waals surface area (Å²) in [6.45, 7) is 9.10. The van der Waals surface area contributed by atoms with Gasteiger partial charge in [0.2, 0.25) is 0 Å². The molecule has 4 heteroatoms. The van der Waals surface area contributed by atoms with Gasteiger partial charge in [0.15, 0.2) is 0 Å². The zero-order chi connectivity index (χ0) is 16.2. The quantitative estimate of drug-likeness (QED) is 0.784. The van der Waals surface area contributed by atoms with E-state index in [0.717, 1.165) is 36.4 Å². The number of anilines is 2.